The summed E-state index contributed by atoms with van der Waals surface area (Å²) >= 11 is 0. The number of carbonyl (C=O) groups is 2. The van der Waals surface area contributed by atoms with Gasteiger partial charge in [0.25, 0.3) is 0 Å². The number of pyridine rings is 2. The number of aromatic nitrogens is 2. The lowest BCUT2D eigenvalue weighted by atomic mass is 10.1. The van der Waals surface area contributed by atoms with Gasteiger partial charge in [-0.1, -0.05) is 0 Å². The fourth-order valence-corrected chi connectivity index (χ4v) is 2.33. The van der Waals surface area contributed by atoms with Gasteiger partial charge < -0.3 is 10.1 Å². The van der Waals surface area contributed by atoms with Crippen molar-refractivity contribution in [3.8, 4) is 11.1 Å². The zero-order chi connectivity index (χ0) is 16.2. The van der Waals surface area contributed by atoms with E-state index < -0.39 is 6.09 Å². The molecule has 2 aromatic heterocycles. The number of cyclic esters (lactones) is 1. The highest BCUT2D eigenvalue weighted by molar-refractivity contribution is 5.88. The van der Waals surface area contributed by atoms with Crippen molar-refractivity contribution >= 4 is 17.8 Å². The predicted octanol–water partition coefficient (Wildman–Crippen LogP) is 1.60. The Kier molecular flexibility index (Phi) is 4.18. The Labute approximate surface area is 133 Å². The van der Waals surface area contributed by atoms with Crippen LogP contribution >= 0.6 is 0 Å². The number of ether oxygens (including phenoxy) is 1. The molecule has 1 atom stereocenters. The lowest BCUT2D eigenvalue weighted by Crippen LogP contribution is -2.33. The van der Waals surface area contributed by atoms with E-state index >= 15 is 0 Å². The molecule has 7 heteroatoms. The third-order valence-corrected chi connectivity index (χ3v) is 3.49. The van der Waals surface area contributed by atoms with E-state index in [1.807, 2.05) is 18.2 Å². The molecule has 0 aromatic carbocycles. The average molecular weight is 312 g/mol. The molecule has 1 unspecified atom stereocenters. The largest absolute Gasteiger partial charge is 0.442 e. The van der Waals surface area contributed by atoms with E-state index in [-0.39, 0.29) is 12.0 Å². The number of hydrogen-bond donors (Lipinski definition) is 1. The predicted molar refractivity (Wildman–Crippen MR) is 83.8 cm³/mol. The Morgan fingerprint density at radius 2 is 2.09 bits per heavy atom. The smallest absolute Gasteiger partial charge is 0.416 e. The van der Waals surface area contributed by atoms with Crippen LogP contribution in [0.1, 0.15) is 6.92 Å². The average Bonchev–Trinajstić information content (AvgIpc) is 2.95. The van der Waals surface area contributed by atoms with Gasteiger partial charge in [-0.2, -0.15) is 0 Å². The van der Waals surface area contributed by atoms with E-state index in [2.05, 4.69) is 15.3 Å². The first kappa shape index (κ1) is 15.0. The van der Waals surface area contributed by atoms with Crippen molar-refractivity contribution in [3.05, 3.63) is 42.9 Å². The molecule has 0 spiro atoms. The number of amides is 2. The molecule has 0 aliphatic carbocycles. The lowest BCUT2D eigenvalue weighted by molar-refractivity contribution is -0.119. The topological polar surface area (TPSA) is 84.4 Å². The molecule has 2 aromatic rings. The summed E-state index contributed by atoms with van der Waals surface area (Å²) in [5, 5.41) is 2.64. The molecule has 1 fully saturated rings. The van der Waals surface area contributed by atoms with E-state index in [0.29, 0.717) is 18.9 Å². The van der Waals surface area contributed by atoms with Crippen LogP contribution in [0.15, 0.2) is 42.9 Å². The first-order valence-corrected chi connectivity index (χ1v) is 7.22. The summed E-state index contributed by atoms with van der Waals surface area (Å²) in [5.41, 5.74) is 1.95. The van der Waals surface area contributed by atoms with Crippen LogP contribution in [0.25, 0.3) is 11.1 Å². The minimum atomic E-state index is -0.454. The Morgan fingerprint density at radius 3 is 2.74 bits per heavy atom. The maximum absolute atomic E-state index is 11.9. The molecule has 0 bridgehead atoms. The summed E-state index contributed by atoms with van der Waals surface area (Å²) in [6.45, 7) is 2.08. The monoisotopic (exact) mass is 312 g/mol. The first-order chi connectivity index (χ1) is 11.1. The standard InChI is InChI=1S/C16H16N4O3/c1-11(21)18-9-14-10-20(16(22)23-14)15-3-2-13(8-19-15)12-4-6-17-7-5-12/h2-8,14H,9-10H2,1H3,(H,18,21). The minimum absolute atomic E-state index is 0.153. The molecule has 1 saturated heterocycles. The Hall–Kier alpha value is -2.96. The second-order valence-electron chi connectivity index (χ2n) is 5.19. The Bertz CT molecular complexity index is 703. The summed E-state index contributed by atoms with van der Waals surface area (Å²) in [5.74, 6) is 0.373. The molecule has 0 radical (unpaired) electrons. The van der Waals surface area contributed by atoms with E-state index in [4.69, 9.17) is 4.74 Å². The van der Waals surface area contributed by atoms with Gasteiger partial charge in [0.15, 0.2) is 0 Å². The van der Waals surface area contributed by atoms with Crippen molar-refractivity contribution in [2.45, 2.75) is 13.0 Å². The summed E-state index contributed by atoms with van der Waals surface area (Å²) in [4.78, 5) is 32.6. The molecule has 3 rings (SSSR count). The van der Waals surface area contributed by atoms with E-state index in [1.54, 1.807) is 24.7 Å². The van der Waals surface area contributed by atoms with Crippen LogP contribution in [0.4, 0.5) is 10.6 Å². The van der Waals surface area contributed by atoms with Crippen molar-refractivity contribution in [2.75, 3.05) is 18.0 Å². The van der Waals surface area contributed by atoms with Gasteiger partial charge >= 0.3 is 6.09 Å². The molecule has 118 valence electrons. The number of hydrogen-bond acceptors (Lipinski definition) is 5. The van der Waals surface area contributed by atoms with Crippen LogP contribution in [-0.4, -0.2) is 41.2 Å². The third-order valence-electron chi connectivity index (χ3n) is 3.49. The fraction of sp³-hybridized carbons (Fsp3) is 0.250. The van der Waals surface area contributed by atoms with Gasteiger partial charge in [-0.05, 0) is 29.8 Å². The normalized spacial score (nSPS) is 17.0. The highest BCUT2D eigenvalue weighted by Crippen LogP contribution is 2.23. The zero-order valence-electron chi connectivity index (χ0n) is 12.6. The van der Waals surface area contributed by atoms with Gasteiger partial charge in [-0.3, -0.25) is 14.7 Å². The lowest BCUT2D eigenvalue weighted by Gasteiger charge is -2.12. The van der Waals surface area contributed by atoms with Crippen LogP contribution in [-0.2, 0) is 9.53 Å². The Morgan fingerprint density at radius 1 is 1.30 bits per heavy atom. The van der Waals surface area contributed by atoms with Crippen LogP contribution < -0.4 is 10.2 Å². The minimum Gasteiger partial charge on any atom is -0.442 e. The van der Waals surface area contributed by atoms with Crippen molar-refractivity contribution in [3.63, 3.8) is 0 Å². The van der Waals surface area contributed by atoms with E-state index in [0.717, 1.165) is 11.1 Å². The summed E-state index contributed by atoms with van der Waals surface area (Å²) in [6.07, 6.45) is 4.32. The summed E-state index contributed by atoms with van der Waals surface area (Å²) in [6, 6.07) is 7.46. The van der Waals surface area contributed by atoms with Gasteiger partial charge in [-0.15, -0.1) is 0 Å². The maximum atomic E-state index is 11.9. The van der Waals surface area contributed by atoms with Gasteiger partial charge in [0, 0.05) is 31.1 Å². The molecule has 3 heterocycles. The van der Waals surface area contributed by atoms with Crippen molar-refractivity contribution in [1.82, 2.24) is 15.3 Å². The number of nitrogens with one attached hydrogen (secondary N) is 1. The quantitative estimate of drug-likeness (QED) is 0.927. The molecule has 1 aliphatic heterocycles. The first-order valence-electron chi connectivity index (χ1n) is 7.22. The molecule has 2 amide bonds. The maximum Gasteiger partial charge on any atom is 0.416 e. The third kappa shape index (κ3) is 3.45. The molecule has 1 aliphatic rings. The second kappa shape index (κ2) is 6.43. The molecule has 23 heavy (non-hydrogen) atoms. The highest BCUT2D eigenvalue weighted by atomic mass is 16.6. The zero-order valence-corrected chi connectivity index (χ0v) is 12.6. The molecule has 1 N–H and O–H groups in total. The van der Waals surface area contributed by atoms with Crippen molar-refractivity contribution < 1.29 is 14.3 Å². The number of rotatable bonds is 4. The van der Waals surface area contributed by atoms with Gasteiger partial charge in [0.1, 0.15) is 11.9 Å². The molecule has 0 saturated carbocycles. The van der Waals surface area contributed by atoms with E-state index in [9.17, 15) is 9.59 Å². The van der Waals surface area contributed by atoms with Crippen LogP contribution in [0.5, 0.6) is 0 Å². The molecular formula is C16H16N4O3. The van der Waals surface area contributed by atoms with Gasteiger partial charge in [0.2, 0.25) is 5.91 Å². The molecular weight excluding hydrogens is 296 g/mol. The van der Waals surface area contributed by atoms with Crippen LogP contribution in [0, 0.1) is 0 Å². The van der Waals surface area contributed by atoms with E-state index in [1.165, 1.54) is 11.8 Å². The second-order valence-corrected chi connectivity index (χ2v) is 5.19. The summed E-state index contributed by atoms with van der Waals surface area (Å²) in [7, 11) is 0. The van der Waals surface area contributed by atoms with Crippen molar-refractivity contribution in [1.29, 1.82) is 0 Å². The highest BCUT2D eigenvalue weighted by Gasteiger charge is 2.33. The Balaban J connectivity index is 1.70. The van der Waals surface area contributed by atoms with Crippen LogP contribution in [0.3, 0.4) is 0 Å². The van der Waals surface area contributed by atoms with Crippen molar-refractivity contribution in [2.24, 2.45) is 0 Å². The van der Waals surface area contributed by atoms with Crippen LogP contribution in [0.2, 0.25) is 0 Å². The van der Waals surface area contributed by atoms with Gasteiger partial charge in [-0.25, -0.2) is 9.78 Å². The fourth-order valence-electron chi connectivity index (χ4n) is 2.33. The number of nitrogens with zero attached hydrogens (tertiary/aromatic N) is 3. The molecule has 7 nitrogen and oxygen atoms in total. The number of anilines is 1. The summed E-state index contributed by atoms with van der Waals surface area (Å²) < 4.78 is 5.22. The number of carbonyl (C=O) groups excluding carboxylic acids is 2. The van der Waals surface area contributed by atoms with Gasteiger partial charge in [0.05, 0.1) is 13.1 Å². The SMILES string of the molecule is CC(=O)NCC1CN(c2ccc(-c3ccncc3)cn2)C(=O)O1.